The molecule has 0 saturated heterocycles. The molecule has 102 valence electrons. The van der Waals surface area contributed by atoms with Crippen LogP contribution >= 0.6 is 0 Å². The number of hydrogen-bond acceptors (Lipinski definition) is 6. The van der Waals surface area contributed by atoms with Gasteiger partial charge in [-0.2, -0.15) is 4.98 Å². The van der Waals surface area contributed by atoms with Gasteiger partial charge in [0.1, 0.15) is 5.82 Å². The first-order valence-electron chi connectivity index (χ1n) is 6.03. The van der Waals surface area contributed by atoms with E-state index in [-0.39, 0.29) is 5.41 Å². The van der Waals surface area contributed by atoms with Gasteiger partial charge in [0.15, 0.2) is 0 Å². The fourth-order valence-corrected chi connectivity index (χ4v) is 1.97. The largest absolute Gasteiger partial charge is 0.369 e. The Bertz CT molecular complexity index is 388. The van der Waals surface area contributed by atoms with Gasteiger partial charge in [0.25, 0.3) is 0 Å². The van der Waals surface area contributed by atoms with Crippen molar-refractivity contribution in [3.05, 3.63) is 11.8 Å². The molecular weight excluding hydrogens is 228 g/mol. The van der Waals surface area contributed by atoms with Crippen molar-refractivity contribution >= 4 is 11.8 Å². The predicted molar refractivity (Wildman–Crippen MR) is 75.4 cm³/mol. The van der Waals surface area contributed by atoms with Crippen LogP contribution in [0.25, 0.3) is 0 Å². The van der Waals surface area contributed by atoms with Crippen molar-refractivity contribution in [2.24, 2.45) is 11.3 Å². The number of hydrazine groups is 1. The topological polar surface area (TPSA) is 79.1 Å². The molecule has 0 aliphatic rings. The smallest absolute Gasteiger partial charge is 0.239 e. The van der Waals surface area contributed by atoms with Crippen molar-refractivity contribution in [2.45, 2.75) is 20.8 Å². The van der Waals surface area contributed by atoms with Crippen LogP contribution < -0.4 is 16.6 Å². The van der Waals surface area contributed by atoms with Crippen LogP contribution in [-0.4, -0.2) is 42.1 Å². The molecular formula is C12H24N6. The molecule has 18 heavy (non-hydrogen) atoms. The van der Waals surface area contributed by atoms with E-state index >= 15 is 0 Å². The van der Waals surface area contributed by atoms with Gasteiger partial charge in [-0.15, -0.1) is 0 Å². The molecule has 0 fully saturated rings. The highest BCUT2D eigenvalue weighted by molar-refractivity contribution is 5.41. The summed E-state index contributed by atoms with van der Waals surface area (Å²) in [5.74, 6) is 6.55. The molecule has 1 rings (SSSR count). The number of nitrogen functional groups attached to an aromatic ring is 1. The molecule has 1 aromatic heterocycles. The van der Waals surface area contributed by atoms with E-state index in [0.717, 1.165) is 24.6 Å². The van der Waals surface area contributed by atoms with Crippen molar-refractivity contribution in [1.29, 1.82) is 0 Å². The van der Waals surface area contributed by atoms with E-state index in [0.29, 0.717) is 5.95 Å². The molecule has 0 atom stereocenters. The summed E-state index contributed by atoms with van der Waals surface area (Å²) in [4.78, 5) is 10.6. The summed E-state index contributed by atoms with van der Waals surface area (Å²) in [6, 6.07) is 1.91. The highest BCUT2D eigenvalue weighted by atomic mass is 15.3. The summed E-state index contributed by atoms with van der Waals surface area (Å²) in [6.45, 7) is 8.20. The lowest BCUT2D eigenvalue weighted by Crippen LogP contribution is -2.34. The van der Waals surface area contributed by atoms with E-state index in [4.69, 9.17) is 5.84 Å². The van der Waals surface area contributed by atoms with Gasteiger partial charge in [0.05, 0.1) is 0 Å². The van der Waals surface area contributed by atoms with Crippen molar-refractivity contribution < 1.29 is 0 Å². The molecule has 0 aliphatic carbocycles. The lowest BCUT2D eigenvalue weighted by atomic mass is 9.93. The second-order valence-electron chi connectivity index (χ2n) is 5.62. The Hall–Kier alpha value is -1.40. The maximum Gasteiger partial charge on any atom is 0.239 e. The average Bonchev–Trinajstić information content (AvgIpc) is 2.24. The van der Waals surface area contributed by atoms with Crippen LogP contribution in [0.1, 0.15) is 19.5 Å². The second kappa shape index (κ2) is 5.97. The zero-order valence-corrected chi connectivity index (χ0v) is 11.9. The quantitative estimate of drug-likeness (QED) is 0.519. The minimum absolute atomic E-state index is 0.165. The molecule has 0 radical (unpaired) electrons. The number of aryl methyl sites for hydroxylation is 1. The third-order valence-corrected chi connectivity index (χ3v) is 2.48. The van der Waals surface area contributed by atoms with Crippen LogP contribution in [0.3, 0.4) is 0 Å². The lowest BCUT2D eigenvalue weighted by Gasteiger charge is -2.28. The SMILES string of the molecule is Cc1cc(NCC(C)(C)CN(C)C)nc(NN)n1. The molecule has 1 aromatic rings. The Kier molecular flexibility index (Phi) is 4.86. The zero-order chi connectivity index (χ0) is 13.8. The first kappa shape index (κ1) is 14.7. The Morgan fingerprint density at radius 1 is 1.33 bits per heavy atom. The van der Waals surface area contributed by atoms with Crippen LogP contribution in [0.15, 0.2) is 6.07 Å². The van der Waals surface area contributed by atoms with Crippen LogP contribution in [-0.2, 0) is 0 Å². The molecule has 0 bridgehead atoms. The number of rotatable bonds is 6. The molecule has 0 amide bonds. The second-order valence-corrected chi connectivity index (χ2v) is 5.62. The lowest BCUT2D eigenvalue weighted by molar-refractivity contribution is 0.254. The molecule has 1 heterocycles. The molecule has 0 saturated carbocycles. The van der Waals surface area contributed by atoms with E-state index in [1.165, 1.54) is 0 Å². The maximum absolute atomic E-state index is 5.33. The van der Waals surface area contributed by atoms with Crippen molar-refractivity contribution in [2.75, 3.05) is 37.9 Å². The third-order valence-electron chi connectivity index (χ3n) is 2.48. The maximum atomic E-state index is 5.33. The van der Waals surface area contributed by atoms with E-state index < -0.39 is 0 Å². The number of hydrogen-bond donors (Lipinski definition) is 3. The summed E-state index contributed by atoms with van der Waals surface area (Å²) < 4.78 is 0. The Morgan fingerprint density at radius 2 is 2.00 bits per heavy atom. The minimum Gasteiger partial charge on any atom is -0.369 e. The number of nitrogens with two attached hydrogens (primary N) is 1. The minimum atomic E-state index is 0.165. The summed E-state index contributed by atoms with van der Waals surface area (Å²) in [7, 11) is 4.15. The van der Waals surface area contributed by atoms with Crippen molar-refractivity contribution in [3.8, 4) is 0 Å². The molecule has 0 spiro atoms. The fourth-order valence-electron chi connectivity index (χ4n) is 1.97. The normalized spacial score (nSPS) is 11.7. The fraction of sp³-hybridized carbons (Fsp3) is 0.667. The molecule has 4 N–H and O–H groups in total. The Labute approximate surface area is 109 Å². The van der Waals surface area contributed by atoms with Gasteiger partial charge < -0.3 is 10.2 Å². The van der Waals surface area contributed by atoms with Crippen LogP contribution in [0, 0.1) is 12.3 Å². The number of anilines is 2. The third kappa shape index (κ3) is 4.85. The van der Waals surface area contributed by atoms with Gasteiger partial charge >= 0.3 is 0 Å². The van der Waals surface area contributed by atoms with Gasteiger partial charge in [0.2, 0.25) is 5.95 Å². The first-order chi connectivity index (χ1) is 8.32. The Balaban J connectivity index is 2.65. The summed E-state index contributed by atoms with van der Waals surface area (Å²) in [5.41, 5.74) is 3.51. The number of nitrogens with one attached hydrogen (secondary N) is 2. The first-order valence-corrected chi connectivity index (χ1v) is 6.03. The monoisotopic (exact) mass is 252 g/mol. The van der Waals surface area contributed by atoms with E-state index in [1.807, 2.05) is 13.0 Å². The molecule has 0 unspecified atom stereocenters. The van der Waals surface area contributed by atoms with E-state index in [2.05, 4.69) is 53.6 Å². The highest BCUT2D eigenvalue weighted by Gasteiger charge is 2.18. The van der Waals surface area contributed by atoms with E-state index in [9.17, 15) is 0 Å². The van der Waals surface area contributed by atoms with Crippen molar-refractivity contribution in [3.63, 3.8) is 0 Å². The molecule has 6 nitrogen and oxygen atoms in total. The van der Waals surface area contributed by atoms with E-state index in [1.54, 1.807) is 0 Å². The number of nitrogens with zero attached hydrogens (tertiary/aromatic N) is 3. The standard InChI is InChI=1S/C12H24N6/c1-9-6-10(16-11(15-9)17-13)14-7-12(2,3)8-18(4)5/h6H,7-8,13H2,1-5H3,(H2,14,15,16,17). The van der Waals surface area contributed by atoms with Crippen LogP contribution in [0.2, 0.25) is 0 Å². The summed E-state index contributed by atoms with van der Waals surface area (Å²) in [5, 5.41) is 3.33. The molecule has 0 aliphatic heterocycles. The molecule has 6 heteroatoms. The summed E-state index contributed by atoms with van der Waals surface area (Å²) >= 11 is 0. The average molecular weight is 252 g/mol. The van der Waals surface area contributed by atoms with Gasteiger partial charge in [-0.05, 0) is 26.4 Å². The van der Waals surface area contributed by atoms with Crippen molar-refractivity contribution in [1.82, 2.24) is 14.9 Å². The number of aromatic nitrogens is 2. The zero-order valence-electron chi connectivity index (χ0n) is 11.9. The van der Waals surface area contributed by atoms with Crippen LogP contribution in [0.4, 0.5) is 11.8 Å². The van der Waals surface area contributed by atoms with Gasteiger partial charge in [0, 0.05) is 24.8 Å². The highest BCUT2D eigenvalue weighted by Crippen LogP contribution is 2.17. The Morgan fingerprint density at radius 3 is 2.56 bits per heavy atom. The van der Waals surface area contributed by atoms with Gasteiger partial charge in [-0.25, -0.2) is 10.8 Å². The molecule has 0 aromatic carbocycles. The predicted octanol–water partition coefficient (Wildman–Crippen LogP) is 1.07. The van der Waals surface area contributed by atoms with Crippen LogP contribution in [0.5, 0.6) is 0 Å². The van der Waals surface area contributed by atoms with Gasteiger partial charge in [-0.1, -0.05) is 13.8 Å². The van der Waals surface area contributed by atoms with Gasteiger partial charge in [-0.3, -0.25) is 5.43 Å². The summed E-state index contributed by atoms with van der Waals surface area (Å²) in [6.07, 6.45) is 0.